The lowest BCUT2D eigenvalue weighted by Gasteiger charge is -2.05. The number of nitrogens with zero attached hydrogens (tertiary/aromatic N) is 2. The Kier molecular flexibility index (Phi) is 3.58. The molecule has 1 heterocycles. The van der Waals surface area contributed by atoms with Crippen LogP contribution < -0.4 is 5.32 Å². The molecule has 0 atom stereocenters. The van der Waals surface area contributed by atoms with Gasteiger partial charge in [0.2, 0.25) is 0 Å². The average Bonchev–Trinajstić information content (AvgIpc) is 2.31. The molecule has 2 aromatic rings. The summed E-state index contributed by atoms with van der Waals surface area (Å²) >= 11 is 1.29. The van der Waals surface area contributed by atoms with Crippen LogP contribution in [-0.4, -0.2) is 17.0 Å². The Morgan fingerprint density at radius 1 is 1.24 bits per heavy atom. The molecule has 2 rings (SSSR count). The maximum absolute atomic E-state index is 13.5. The highest BCUT2D eigenvalue weighted by Gasteiger charge is 2.06. The lowest BCUT2D eigenvalue weighted by atomic mass is 10.3. The van der Waals surface area contributed by atoms with Gasteiger partial charge in [-0.25, -0.2) is 14.4 Å². The van der Waals surface area contributed by atoms with Crippen molar-refractivity contribution in [3.05, 3.63) is 42.0 Å². The normalized spacial score (nSPS) is 10.3. The molecule has 0 aliphatic rings. The summed E-state index contributed by atoms with van der Waals surface area (Å²) in [4.78, 5) is 9.01. The first-order chi connectivity index (χ1) is 8.19. The summed E-state index contributed by atoms with van der Waals surface area (Å²) < 4.78 is 13.5. The largest absolute Gasteiger partial charge is 0.373 e. The van der Waals surface area contributed by atoms with Gasteiger partial charge in [0.1, 0.15) is 22.5 Å². The number of hydrogen-bond acceptors (Lipinski definition) is 4. The SMILES string of the molecule is CNc1cc(Sc2ccccc2F)nc(C)n1. The molecule has 0 unspecified atom stereocenters. The molecular formula is C12H12FN3S. The molecule has 0 fully saturated rings. The van der Waals surface area contributed by atoms with E-state index >= 15 is 0 Å². The second kappa shape index (κ2) is 5.14. The molecule has 17 heavy (non-hydrogen) atoms. The summed E-state index contributed by atoms with van der Waals surface area (Å²) in [5.74, 6) is 1.16. The van der Waals surface area contributed by atoms with Gasteiger partial charge >= 0.3 is 0 Å². The predicted molar refractivity (Wildman–Crippen MR) is 66.8 cm³/mol. The molecule has 3 nitrogen and oxygen atoms in total. The fraction of sp³-hybridized carbons (Fsp3) is 0.167. The van der Waals surface area contributed by atoms with Gasteiger partial charge in [0.05, 0.1) is 0 Å². The van der Waals surface area contributed by atoms with Crippen LogP contribution >= 0.6 is 11.8 Å². The first kappa shape index (κ1) is 11.9. The van der Waals surface area contributed by atoms with Crippen LogP contribution in [0.5, 0.6) is 0 Å². The van der Waals surface area contributed by atoms with Crippen molar-refractivity contribution in [2.24, 2.45) is 0 Å². The molecule has 1 N–H and O–H groups in total. The van der Waals surface area contributed by atoms with Gasteiger partial charge in [-0.15, -0.1) is 0 Å². The highest BCUT2D eigenvalue weighted by molar-refractivity contribution is 7.99. The Hall–Kier alpha value is -1.62. The maximum atomic E-state index is 13.5. The second-order valence-electron chi connectivity index (χ2n) is 3.42. The highest BCUT2D eigenvalue weighted by Crippen LogP contribution is 2.29. The standard InChI is InChI=1S/C12H12FN3S/c1-8-15-11(14-2)7-12(16-8)17-10-6-4-3-5-9(10)13/h3-7H,1-2H3,(H,14,15,16). The van der Waals surface area contributed by atoms with Gasteiger partial charge in [0.25, 0.3) is 0 Å². The monoisotopic (exact) mass is 249 g/mol. The van der Waals surface area contributed by atoms with Gasteiger partial charge in [-0.3, -0.25) is 0 Å². The molecule has 1 aromatic carbocycles. The molecule has 0 saturated heterocycles. The van der Waals surface area contributed by atoms with Crippen LogP contribution in [0.2, 0.25) is 0 Å². The predicted octanol–water partition coefficient (Wildman–Crippen LogP) is 3.12. The molecule has 0 radical (unpaired) electrons. The van der Waals surface area contributed by atoms with E-state index in [1.54, 1.807) is 31.3 Å². The maximum Gasteiger partial charge on any atom is 0.137 e. The number of aromatic nitrogens is 2. The molecule has 0 aliphatic carbocycles. The van der Waals surface area contributed by atoms with Crippen LogP contribution in [0.25, 0.3) is 0 Å². The minimum atomic E-state index is -0.236. The van der Waals surface area contributed by atoms with E-state index in [1.807, 2.05) is 6.92 Å². The number of hydrogen-bond donors (Lipinski definition) is 1. The molecule has 5 heteroatoms. The van der Waals surface area contributed by atoms with Gasteiger partial charge in [0.15, 0.2) is 0 Å². The fourth-order valence-corrected chi connectivity index (χ4v) is 2.25. The van der Waals surface area contributed by atoms with Crippen LogP contribution in [0.1, 0.15) is 5.82 Å². The van der Waals surface area contributed by atoms with Crippen LogP contribution in [0.15, 0.2) is 40.3 Å². The fourth-order valence-electron chi connectivity index (χ4n) is 1.36. The van der Waals surface area contributed by atoms with Crippen LogP contribution in [-0.2, 0) is 0 Å². The number of benzene rings is 1. The summed E-state index contributed by atoms with van der Waals surface area (Å²) in [6.45, 7) is 1.81. The molecule has 0 saturated carbocycles. The summed E-state index contributed by atoms with van der Waals surface area (Å²) in [7, 11) is 1.79. The molecule has 1 aromatic heterocycles. The van der Waals surface area contributed by atoms with E-state index in [-0.39, 0.29) is 5.82 Å². The van der Waals surface area contributed by atoms with E-state index < -0.39 is 0 Å². The average molecular weight is 249 g/mol. The topological polar surface area (TPSA) is 37.8 Å². The van der Waals surface area contributed by atoms with Gasteiger partial charge in [0, 0.05) is 18.0 Å². The van der Waals surface area contributed by atoms with E-state index in [0.29, 0.717) is 10.7 Å². The molecule has 0 spiro atoms. The number of nitrogens with one attached hydrogen (secondary N) is 1. The summed E-state index contributed by atoms with van der Waals surface area (Å²) in [6.07, 6.45) is 0. The lowest BCUT2D eigenvalue weighted by molar-refractivity contribution is 0.602. The Bertz CT molecular complexity index is 531. The van der Waals surface area contributed by atoms with Gasteiger partial charge in [-0.1, -0.05) is 23.9 Å². The van der Waals surface area contributed by atoms with E-state index in [9.17, 15) is 4.39 Å². The third kappa shape index (κ3) is 2.94. The second-order valence-corrected chi connectivity index (χ2v) is 4.48. The first-order valence-electron chi connectivity index (χ1n) is 5.15. The van der Waals surface area contributed by atoms with Crippen molar-refractivity contribution in [3.8, 4) is 0 Å². The third-order valence-corrected chi connectivity index (χ3v) is 3.09. The van der Waals surface area contributed by atoms with E-state index in [1.165, 1.54) is 17.8 Å². The van der Waals surface area contributed by atoms with Crippen LogP contribution in [0.3, 0.4) is 0 Å². The van der Waals surface area contributed by atoms with E-state index in [2.05, 4.69) is 15.3 Å². The molecule has 0 aliphatic heterocycles. The quantitative estimate of drug-likeness (QED) is 0.848. The minimum Gasteiger partial charge on any atom is -0.373 e. The summed E-state index contributed by atoms with van der Waals surface area (Å²) in [5, 5.41) is 3.68. The van der Waals surface area contributed by atoms with Crippen molar-refractivity contribution in [3.63, 3.8) is 0 Å². The summed E-state index contributed by atoms with van der Waals surface area (Å²) in [5.41, 5.74) is 0. The van der Waals surface area contributed by atoms with Crippen LogP contribution in [0, 0.1) is 12.7 Å². The zero-order valence-electron chi connectivity index (χ0n) is 9.57. The van der Waals surface area contributed by atoms with Gasteiger partial charge in [-0.05, 0) is 19.1 Å². The third-order valence-electron chi connectivity index (χ3n) is 2.12. The Balaban J connectivity index is 2.30. The van der Waals surface area contributed by atoms with Crippen molar-refractivity contribution in [2.75, 3.05) is 12.4 Å². The minimum absolute atomic E-state index is 0.236. The van der Waals surface area contributed by atoms with Crippen molar-refractivity contribution < 1.29 is 4.39 Å². The lowest BCUT2D eigenvalue weighted by Crippen LogP contribution is -1.97. The number of anilines is 1. The van der Waals surface area contributed by atoms with Crippen molar-refractivity contribution >= 4 is 17.6 Å². The first-order valence-corrected chi connectivity index (χ1v) is 5.96. The number of rotatable bonds is 3. The van der Waals surface area contributed by atoms with E-state index in [0.717, 1.165) is 10.8 Å². The van der Waals surface area contributed by atoms with Crippen molar-refractivity contribution in [2.45, 2.75) is 16.8 Å². The molecule has 0 amide bonds. The van der Waals surface area contributed by atoms with Gasteiger partial charge in [-0.2, -0.15) is 0 Å². The van der Waals surface area contributed by atoms with E-state index in [4.69, 9.17) is 0 Å². The number of aryl methyl sites for hydroxylation is 1. The van der Waals surface area contributed by atoms with Crippen molar-refractivity contribution in [1.82, 2.24) is 9.97 Å². The van der Waals surface area contributed by atoms with Crippen molar-refractivity contribution in [1.29, 1.82) is 0 Å². The number of halogens is 1. The van der Waals surface area contributed by atoms with Gasteiger partial charge < -0.3 is 5.32 Å². The zero-order chi connectivity index (χ0) is 12.3. The Morgan fingerprint density at radius 2 is 2.00 bits per heavy atom. The summed E-state index contributed by atoms with van der Waals surface area (Å²) in [6, 6.07) is 8.44. The molecular weight excluding hydrogens is 237 g/mol. The Morgan fingerprint density at radius 3 is 2.71 bits per heavy atom. The smallest absolute Gasteiger partial charge is 0.137 e. The molecule has 88 valence electrons. The Labute approximate surface area is 103 Å². The zero-order valence-corrected chi connectivity index (χ0v) is 10.4. The highest BCUT2D eigenvalue weighted by atomic mass is 32.2. The van der Waals surface area contributed by atoms with Crippen LogP contribution in [0.4, 0.5) is 10.2 Å². The molecule has 0 bridgehead atoms.